The number of nitrogens with one attached hydrogen (secondary N) is 1. The zero-order valence-electron chi connectivity index (χ0n) is 24.0. The van der Waals surface area contributed by atoms with Gasteiger partial charge < -0.3 is 15.0 Å². The van der Waals surface area contributed by atoms with Crippen molar-refractivity contribution in [1.82, 2.24) is 10.2 Å². The minimum Gasteiger partial charge on any atom is -0.497 e. The van der Waals surface area contributed by atoms with E-state index in [0.717, 1.165) is 42.0 Å². The van der Waals surface area contributed by atoms with Gasteiger partial charge in [0.2, 0.25) is 11.8 Å². The Balaban J connectivity index is 1.68. The zero-order valence-corrected chi connectivity index (χ0v) is 25.6. The molecule has 0 saturated heterocycles. The molecule has 0 bridgehead atoms. The lowest BCUT2D eigenvalue weighted by molar-refractivity contribution is -0.140. The van der Waals surface area contributed by atoms with Crippen LogP contribution in [-0.2, 0) is 26.2 Å². The second-order valence-electron chi connectivity index (χ2n) is 10.4. The number of benzene rings is 3. The van der Waals surface area contributed by atoms with Crippen LogP contribution in [0, 0.1) is 0 Å². The van der Waals surface area contributed by atoms with Crippen molar-refractivity contribution in [2.24, 2.45) is 0 Å². The Labute approximate surface area is 253 Å². The number of anilines is 1. The highest BCUT2D eigenvalue weighted by molar-refractivity contribution is 7.92. The van der Waals surface area contributed by atoms with E-state index in [-0.39, 0.29) is 23.4 Å². The summed E-state index contributed by atoms with van der Waals surface area (Å²) in [7, 11) is -2.65. The van der Waals surface area contributed by atoms with E-state index in [0.29, 0.717) is 22.9 Å². The van der Waals surface area contributed by atoms with Crippen LogP contribution in [0.15, 0.2) is 83.8 Å². The van der Waals surface area contributed by atoms with Crippen LogP contribution < -0.4 is 14.4 Å². The zero-order chi connectivity index (χ0) is 30.1. The smallest absolute Gasteiger partial charge is 0.264 e. The number of carbonyl (C=O) groups excluding carboxylic acids is 2. The molecule has 42 heavy (non-hydrogen) atoms. The first-order valence-corrected chi connectivity index (χ1v) is 16.1. The highest BCUT2D eigenvalue weighted by Crippen LogP contribution is 2.26. The standard InChI is InChI=1S/C32H38ClN3O5S/c1-3-30(32(38)34-26-10-6-4-7-11-26)35(22-24-14-16-25(33)17-15-24)31(37)23-36(27-12-8-5-9-13-27)42(39,40)29-20-18-28(41-2)19-21-29/h5,8-9,12-21,26,30H,3-4,6-7,10-11,22-23H2,1-2H3,(H,34,38). The van der Waals surface area contributed by atoms with E-state index < -0.39 is 28.5 Å². The topological polar surface area (TPSA) is 96.0 Å². The molecular formula is C32H38ClN3O5S. The predicted molar refractivity (Wildman–Crippen MR) is 165 cm³/mol. The number of carbonyl (C=O) groups is 2. The largest absolute Gasteiger partial charge is 0.497 e. The SMILES string of the molecule is CCC(C(=O)NC1CCCCC1)N(Cc1ccc(Cl)cc1)C(=O)CN(c1ccccc1)S(=O)(=O)c1ccc(OC)cc1. The molecule has 1 fully saturated rings. The fraction of sp³-hybridized carbons (Fsp3) is 0.375. The number of amides is 2. The van der Waals surface area contributed by atoms with Gasteiger partial charge >= 0.3 is 0 Å². The van der Waals surface area contributed by atoms with Gasteiger partial charge in [0.25, 0.3) is 10.0 Å². The maximum Gasteiger partial charge on any atom is 0.264 e. The molecule has 1 aliphatic carbocycles. The molecule has 0 heterocycles. The van der Waals surface area contributed by atoms with Gasteiger partial charge in [-0.2, -0.15) is 0 Å². The highest BCUT2D eigenvalue weighted by atomic mass is 35.5. The van der Waals surface area contributed by atoms with Crippen molar-refractivity contribution in [3.8, 4) is 5.75 Å². The molecule has 1 atom stereocenters. The summed E-state index contributed by atoms with van der Waals surface area (Å²) in [5, 5.41) is 3.71. The number of methoxy groups -OCH3 is 1. The van der Waals surface area contributed by atoms with E-state index in [1.54, 1.807) is 66.7 Å². The summed E-state index contributed by atoms with van der Waals surface area (Å²) in [6.07, 6.45) is 5.47. The van der Waals surface area contributed by atoms with E-state index in [9.17, 15) is 18.0 Å². The van der Waals surface area contributed by atoms with Crippen molar-refractivity contribution in [3.05, 3.63) is 89.4 Å². The number of sulfonamides is 1. The first-order valence-electron chi connectivity index (χ1n) is 14.3. The van der Waals surface area contributed by atoms with Crippen LogP contribution >= 0.6 is 11.6 Å². The Morgan fingerprint density at radius 3 is 2.19 bits per heavy atom. The quantitative estimate of drug-likeness (QED) is 0.279. The van der Waals surface area contributed by atoms with Crippen LogP contribution in [0.2, 0.25) is 5.02 Å². The van der Waals surface area contributed by atoms with Crippen LogP contribution in [0.3, 0.4) is 0 Å². The number of hydrogen-bond acceptors (Lipinski definition) is 5. The maximum atomic E-state index is 14.2. The number of halogens is 1. The van der Waals surface area contributed by atoms with Gasteiger partial charge in [0.1, 0.15) is 18.3 Å². The summed E-state index contributed by atoms with van der Waals surface area (Å²) >= 11 is 6.10. The first-order chi connectivity index (χ1) is 20.2. The number of rotatable bonds is 12. The first kappa shape index (κ1) is 31.4. The fourth-order valence-electron chi connectivity index (χ4n) is 5.25. The van der Waals surface area contributed by atoms with Crippen molar-refractivity contribution < 1.29 is 22.7 Å². The molecule has 0 radical (unpaired) electrons. The Morgan fingerprint density at radius 1 is 0.952 bits per heavy atom. The Bertz CT molecular complexity index is 1430. The van der Waals surface area contributed by atoms with Crippen LogP contribution in [0.5, 0.6) is 5.75 Å². The molecule has 10 heteroatoms. The molecule has 8 nitrogen and oxygen atoms in total. The third-order valence-corrected chi connectivity index (χ3v) is 9.61. The summed E-state index contributed by atoms with van der Waals surface area (Å²) in [5.74, 6) is -0.201. The third-order valence-electron chi connectivity index (χ3n) is 7.57. The van der Waals surface area contributed by atoms with Crippen LogP contribution in [0.1, 0.15) is 51.0 Å². The van der Waals surface area contributed by atoms with Gasteiger partial charge in [-0.3, -0.25) is 13.9 Å². The van der Waals surface area contributed by atoms with Gasteiger partial charge in [-0.1, -0.05) is 68.1 Å². The fourth-order valence-corrected chi connectivity index (χ4v) is 6.79. The lowest BCUT2D eigenvalue weighted by Crippen LogP contribution is -2.54. The highest BCUT2D eigenvalue weighted by Gasteiger charge is 2.34. The molecule has 1 saturated carbocycles. The molecular weight excluding hydrogens is 574 g/mol. The van der Waals surface area contributed by atoms with Gasteiger partial charge in [0.15, 0.2) is 0 Å². The van der Waals surface area contributed by atoms with Crippen molar-refractivity contribution >= 4 is 39.1 Å². The van der Waals surface area contributed by atoms with Gasteiger partial charge in [-0.25, -0.2) is 8.42 Å². The molecule has 1 N–H and O–H groups in total. The lowest BCUT2D eigenvalue weighted by Gasteiger charge is -2.34. The number of ether oxygens (including phenoxy) is 1. The van der Waals surface area contributed by atoms with Crippen molar-refractivity contribution in [3.63, 3.8) is 0 Å². The molecule has 3 aromatic rings. The molecule has 224 valence electrons. The van der Waals surface area contributed by atoms with Crippen LogP contribution in [0.25, 0.3) is 0 Å². The van der Waals surface area contributed by atoms with Crippen molar-refractivity contribution in [2.45, 2.75) is 69.0 Å². The summed E-state index contributed by atoms with van der Waals surface area (Å²) < 4.78 is 34.2. The minimum absolute atomic E-state index is 0.0197. The van der Waals surface area contributed by atoms with E-state index in [4.69, 9.17) is 16.3 Å². The summed E-state index contributed by atoms with van der Waals surface area (Å²) in [6.45, 7) is 1.49. The van der Waals surface area contributed by atoms with Crippen molar-refractivity contribution in [1.29, 1.82) is 0 Å². The molecule has 0 aliphatic heterocycles. The minimum atomic E-state index is -4.15. The van der Waals surface area contributed by atoms with Crippen LogP contribution in [-0.4, -0.2) is 50.9 Å². The van der Waals surface area contributed by atoms with E-state index in [2.05, 4.69) is 5.32 Å². The molecule has 2 amide bonds. The third kappa shape index (κ3) is 7.83. The summed E-state index contributed by atoms with van der Waals surface area (Å²) in [5.41, 5.74) is 1.12. The average molecular weight is 612 g/mol. The Hall–Kier alpha value is -3.56. The van der Waals surface area contributed by atoms with E-state index >= 15 is 0 Å². The second kappa shape index (κ2) is 14.6. The second-order valence-corrected chi connectivity index (χ2v) is 12.7. The molecule has 1 unspecified atom stereocenters. The molecule has 1 aliphatic rings. The molecule has 4 rings (SSSR count). The monoisotopic (exact) mass is 611 g/mol. The number of hydrogen-bond donors (Lipinski definition) is 1. The van der Waals surface area contributed by atoms with Gasteiger partial charge in [0.05, 0.1) is 17.7 Å². The van der Waals surface area contributed by atoms with Crippen molar-refractivity contribution in [2.75, 3.05) is 18.0 Å². The van der Waals surface area contributed by atoms with Crippen LogP contribution in [0.4, 0.5) is 5.69 Å². The maximum absolute atomic E-state index is 14.2. The summed E-state index contributed by atoms with van der Waals surface area (Å²) in [4.78, 5) is 29.3. The van der Waals surface area contributed by atoms with Gasteiger partial charge in [-0.05, 0) is 73.4 Å². The Morgan fingerprint density at radius 2 is 1.60 bits per heavy atom. The van der Waals surface area contributed by atoms with E-state index in [1.807, 2.05) is 6.92 Å². The molecule has 3 aromatic carbocycles. The average Bonchev–Trinajstić information content (AvgIpc) is 3.01. The molecule has 0 spiro atoms. The number of para-hydroxylation sites is 1. The summed E-state index contributed by atoms with van der Waals surface area (Å²) in [6, 6.07) is 20.9. The Kier molecular flexibility index (Phi) is 10.9. The lowest BCUT2D eigenvalue weighted by atomic mass is 9.95. The van der Waals surface area contributed by atoms with Gasteiger partial charge in [0, 0.05) is 17.6 Å². The normalized spacial score (nSPS) is 14.5. The van der Waals surface area contributed by atoms with Gasteiger partial charge in [-0.15, -0.1) is 0 Å². The number of nitrogens with zero attached hydrogens (tertiary/aromatic N) is 2. The van der Waals surface area contributed by atoms with E-state index in [1.165, 1.54) is 24.1 Å². The predicted octanol–water partition coefficient (Wildman–Crippen LogP) is 5.80. The molecule has 0 aromatic heterocycles.